The molecule has 1 aliphatic heterocycles. The van der Waals surface area contributed by atoms with Crippen LogP contribution in [0.5, 0.6) is 0 Å². The van der Waals surface area contributed by atoms with Crippen molar-refractivity contribution >= 4 is 29.1 Å². The second kappa shape index (κ2) is 8.56. The summed E-state index contributed by atoms with van der Waals surface area (Å²) in [5.74, 6) is 0.0465. The second-order valence-corrected chi connectivity index (χ2v) is 8.52. The van der Waals surface area contributed by atoms with Gasteiger partial charge in [0.2, 0.25) is 11.8 Å². The van der Waals surface area contributed by atoms with Gasteiger partial charge in [-0.25, -0.2) is 0 Å². The van der Waals surface area contributed by atoms with E-state index in [1.165, 1.54) is 0 Å². The number of anilines is 1. The third-order valence-electron chi connectivity index (χ3n) is 6.02. The number of carbonyl (C=O) groups excluding carboxylic acids is 2. The molecule has 2 unspecified atom stereocenters. The van der Waals surface area contributed by atoms with Crippen molar-refractivity contribution in [3.05, 3.63) is 64.7 Å². The average Bonchev–Trinajstić information content (AvgIpc) is 3.50. The van der Waals surface area contributed by atoms with Crippen LogP contribution in [0.2, 0.25) is 5.02 Å². The summed E-state index contributed by atoms with van der Waals surface area (Å²) in [6.45, 7) is 2.54. The van der Waals surface area contributed by atoms with Crippen LogP contribution in [0.1, 0.15) is 36.3 Å². The summed E-state index contributed by atoms with van der Waals surface area (Å²) in [6, 6.07) is 15.7. The predicted molar refractivity (Wildman–Crippen MR) is 115 cm³/mol. The lowest BCUT2D eigenvalue weighted by molar-refractivity contribution is -0.123. The Morgan fingerprint density at radius 1 is 1.10 bits per heavy atom. The van der Waals surface area contributed by atoms with Gasteiger partial charge in [0.05, 0.1) is 0 Å². The maximum Gasteiger partial charge on any atom is 0.228 e. The van der Waals surface area contributed by atoms with Crippen LogP contribution >= 0.6 is 11.6 Å². The molecule has 1 aliphatic carbocycles. The van der Waals surface area contributed by atoms with E-state index >= 15 is 0 Å². The van der Waals surface area contributed by atoms with Crippen molar-refractivity contribution in [1.82, 2.24) is 4.90 Å². The Morgan fingerprint density at radius 2 is 1.86 bits per heavy atom. The lowest BCUT2D eigenvalue weighted by Crippen LogP contribution is -2.38. The second-order valence-electron chi connectivity index (χ2n) is 8.11. The number of hydrogen-bond acceptors (Lipinski definition) is 3. The van der Waals surface area contributed by atoms with Gasteiger partial charge in [-0.05, 0) is 67.6 Å². The predicted octanol–water partition coefficient (Wildman–Crippen LogP) is 3.78. The Hall–Kier alpha value is -2.37. The largest absolute Gasteiger partial charge is 0.369 e. The van der Waals surface area contributed by atoms with E-state index in [1.54, 1.807) is 0 Å². The fourth-order valence-corrected chi connectivity index (χ4v) is 4.50. The van der Waals surface area contributed by atoms with E-state index in [0.717, 1.165) is 60.7 Å². The normalized spacial score (nSPS) is 22.2. The first-order valence-corrected chi connectivity index (χ1v) is 10.5. The van der Waals surface area contributed by atoms with Crippen LogP contribution in [0.4, 0.5) is 5.69 Å². The van der Waals surface area contributed by atoms with E-state index in [1.807, 2.05) is 42.5 Å². The Morgan fingerprint density at radius 3 is 2.59 bits per heavy atom. The molecule has 2 aromatic carbocycles. The summed E-state index contributed by atoms with van der Waals surface area (Å²) in [5, 5.41) is 3.79. The van der Waals surface area contributed by atoms with Crippen LogP contribution in [0.15, 0.2) is 48.5 Å². The zero-order chi connectivity index (χ0) is 20.4. The molecule has 2 amide bonds. The number of piperidine rings is 1. The molecule has 0 aromatic heterocycles. The van der Waals surface area contributed by atoms with Gasteiger partial charge >= 0.3 is 0 Å². The van der Waals surface area contributed by atoms with Gasteiger partial charge in [-0.15, -0.1) is 0 Å². The molecule has 6 heteroatoms. The van der Waals surface area contributed by atoms with Crippen LogP contribution in [0.25, 0.3) is 0 Å². The van der Waals surface area contributed by atoms with Crippen LogP contribution in [0, 0.1) is 11.8 Å². The molecule has 5 nitrogen and oxygen atoms in total. The summed E-state index contributed by atoms with van der Waals surface area (Å²) < 4.78 is 0. The molecule has 0 spiro atoms. The zero-order valence-electron chi connectivity index (χ0n) is 16.3. The van der Waals surface area contributed by atoms with Crippen LogP contribution in [-0.4, -0.2) is 29.8 Å². The number of hydrogen-bond donors (Lipinski definition) is 2. The Kier molecular flexibility index (Phi) is 5.88. The van der Waals surface area contributed by atoms with Crippen molar-refractivity contribution in [1.29, 1.82) is 0 Å². The van der Waals surface area contributed by atoms with E-state index < -0.39 is 0 Å². The highest BCUT2D eigenvalue weighted by Gasteiger charge is 2.44. The number of nitrogens with one attached hydrogen (secondary N) is 1. The van der Waals surface area contributed by atoms with Crippen molar-refractivity contribution in [2.45, 2.75) is 31.7 Å². The van der Waals surface area contributed by atoms with Gasteiger partial charge in [0, 0.05) is 29.1 Å². The van der Waals surface area contributed by atoms with Gasteiger partial charge in [-0.1, -0.05) is 41.9 Å². The molecule has 0 bridgehead atoms. The summed E-state index contributed by atoms with van der Waals surface area (Å²) in [6.07, 6.45) is 2.47. The van der Waals surface area contributed by atoms with E-state index in [2.05, 4.69) is 16.3 Å². The molecular weight excluding hydrogens is 386 g/mol. The smallest absolute Gasteiger partial charge is 0.228 e. The number of likely N-dealkylation sites (tertiary alicyclic amines) is 1. The SMILES string of the molecule is NC(=O)C1CCN(Cc2cccc(NC(=O)C3CC3c3ccccc3Cl)c2)CC1. The Bertz CT molecular complexity index is 909. The fraction of sp³-hybridized carbons (Fsp3) is 0.391. The van der Waals surface area contributed by atoms with E-state index in [-0.39, 0.29) is 29.6 Å². The first-order valence-electron chi connectivity index (χ1n) is 10.2. The highest BCUT2D eigenvalue weighted by atomic mass is 35.5. The molecule has 4 rings (SSSR count). The monoisotopic (exact) mass is 411 g/mol. The molecule has 2 fully saturated rings. The van der Waals surface area contributed by atoms with Crippen molar-refractivity contribution in [3.63, 3.8) is 0 Å². The van der Waals surface area contributed by atoms with Gasteiger partial charge in [-0.2, -0.15) is 0 Å². The molecule has 152 valence electrons. The van der Waals surface area contributed by atoms with Gasteiger partial charge in [0.1, 0.15) is 0 Å². The third kappa shape index (κ3) is 4.80. The summed E-state index contributed by atoms with van der Waals surface area (Å²) in [5.41, 5.74) is 8.44. The van der Waals surface area contributed by atoms with Crippen molar-refractivity contribution in [3.8, 4) is 0 Å². The van der Waals surface area contributed by atoms with Crippen molar-refractivity contribution in [2.24, 2.45) is 17.6 Å². The number of amides is 2. The maximum absolute atomic E-state index is 12.7. The minimum atomic E-state index is -0.190. The number of primary amides is 1. The first-order chi connectivity index (χ1) is 14.0. The number of nitrogens with zero attached hydrogens (tertiary/aromatic N) is 1. The quantitative estimate of drug-likeness (QED) is 0.759. The van der Waals surface area contributed by atoms with E-state index in [9.17, 15) is 9.59 Å². The topological polar surface area (TPSA) is 75.4 Å². The lowest BCUT2D eigenvalue weighted by atomic mass is 9.96. The molecule has 3 N–H and O–H groups in total. The first kappa shape index (κ1) is 19.9. The molecule has 29 heavy (non-hydrogen) atoms. The molecule has 2 atom stereocenters. The highest BCUT2D eigenvalue weighted by molar-refractivity contribution is 6.31. The molecule has 2 aliphatic rings. The van der Waals surface area contributed by atoms with Crippen molar-refractivity contribution < 1.29 is 9.59 Å². The van der Waals surface area contributed by atoms with Crippen LogP contribution in [-0.2, 0) is 16.1 Å². The number of benzene rings is 2. The molecular formula is C23H26ClN3O2. The maximum atomic E-state index is 12.7. The Balaban J connectivity index is 1.32. The van der Waals surface area contributed by atoms with E-state index in [0.29, 0.717) is 0 Å². The molecule has 0 radical (unpaired) electrons. The number of rotatable bonds is 6. The number of halogens is 1. The summed E-state index contributed by atoms with van der Waals surface area (Å²) >= 11 is 6.27. The van der Waals surface area contributed by atoms with Gasteiger partial charge in [0.25, 0.3) is 0 Å². The average molecular weight is 412 g/mol. The van der Waals surface area contributed by atoms with Crippen LogP contribution in [0.3, 0.4) is 0 Å². The summed E-state index contributed by atoms with van der Waals surface area (Å²) in [7, 11) is 0. The van der Waals surface area contributed by atoms with Crippen LogP contribution < -0.4 is 11.1 Å². The van der Waals surface area contributed by atoms with Gasteiger partial charge < -0.3 is 11.1 Å². The highest BCUT2D eigenvalue weighted by Crippen LogP contribution is 2.50. The molecule has 1 saturated heterocycles. The van der Waals surface area contributed by atoms with E-state index in [4.69, 9.17) is 17.3 Å². The van der Waals surface area contributed by atoms with Gasteiger partial charge in [-0.3, -0.25) is 14.5 Å². The Labute approximate surface area is 176 Å². The minimum Gasteiger partial charge on any atom is -0.369 e. The number of carbonyl (C=O) groups is 2. The molecule has 1 saturated carbocycles. The zero-order valence-corrected chi connectivity index (χ0v) is 17.1. The van der Waals surface area contributed by atoms with Crippen molar-refractivity contribution in [2.75, 3.05) is 18.4 Å². The third-order valence-corrected chi connectivity index (χ3v) is 6.37. The standard InChI is InChI=1S/C23H26ClN3O2/c24-21-7-2-1-6-18(21)19-13-20(19)23(29)26-17-5-3-4-15(12-17)14-27-10-8-16(9-11-27)22(25)28/h1-7,12,16,19-20H,8-11,13-14H2,(H2,25,28)(H,26,29). The minimum absolute atomic E-state index is 0.00137. The molecule has 1 heterocycles. The summed E-state index contributed by atoms with van der Waals surface area (Å²) in [4.78, 5) is 26.3. The number of nitrogens with two attached hydrogens (primary N) is 1. The van der Waals surface area contributed by atoms with Gasteiger partial charge in [0.15, 0.2) is 0 Å². The lowest BCUT2D eigenvalue weighted by Gasteiger charge is -2.30. The fourth-order valence-electron chi connectivity index (χ4n) is 4.22. The molecule has 2 aromatic rings.